The first-order valence-corrected chi connectivity index (χ1v) is 5.67. The lowest BCUT2D eigenvalue weighted by molar-refractivity contribution is 0.287. The van der Waals surface area contributed by atoms with E-state index in [9.17, 15) is 0 Å². The first kappa shape index (κ1) is 11.1. The maximum absolute atomic E-state index is 6.18. The van der Waals surface area contributed by atoms with Crippen LogP contribution < -0.4 is 10.1 Å². The highest BCUT2D eigenvalue weighted by atomic mass is 35.5. The molecule has 15 heavy (non-hydrogen) atoms. The molecule has 1 aliphatic heterocycles. The predicted octanol–water partition coefficient (Wildman–Crippen LogP) is 3.42. The Morgan fingerprint density at radius 1 is 1.33 bits per heavy atom. The van der Waals surface area contributed by atoms with Gasteiger partial charge in [-0.3, -0.25) is 0 Å². The van der Waals surface area contributed by atoms with Crippen LogP contribution in [0.4, 0.5) is 0 Å². The van der Waals surface area contributed by atoms with Crippen LogP contribution >= 0.6 is 23.2 Å². The first-order chi connectivity index (χ1) is 7.13. The molecule has 2 rings (SSSR count). The van der Waals surface area contributed by atoms with Crippen molar-refractivity contribution in [2.24, 2.45) is 0 Å². The van der Waals surface area contributed by atoms with Gasteiger partial charge in [0.15, 0.2) is 0 Å². The second-order valence-electron chi connectivity index (χ2n) is 3.84. The van der Waals surface area contributed by atoms with E-state index in [2.05, 4.69) is 12.2 Å². The van der Waals surface area contributed by atoms with E-state index < -0.39 is 0 Å². The average Bonchev–Trinajstić information content (AvgIpc) is 2.18. The second-order valence-corrected chi connectivity index (χ2v) is 4.60. The van der Waals surface area contributed by atoms with E-state index in [1.165, 1.54) is 0 Å². The van der Waals surface area contributed by atoms with Gasteiger partial charge in [-0.1, -0.05) is 29.3 Å². The van der Waals surface area contributed by atoms with Crippen LogP contribution in [0.25, 0.3) is 0 Å². The SMILES string of the molecule is COc1ccc(C2CC(C)N2)c(Cl)c1Cl. The van der Waals surface area contributed by atoms with Crippen LogP contribution in [-0.2, 0) is 0 Å². The van der Waals surface area contributed by atoms with E-state index >= 15 is 0 Å². The fourth-order valence-corrected chi connectivity index (χ4v) is 2.40. The van der Waals surface area contributed by atoms with Crippen LogP contribution in [0.1, 0.15) is 24.9 Å². The summed E-state index contributed by atoms with van der Waals surface area (Å²) in [5, 5.41) is 4.48. The molecular formula is C11H13Cl2NO. The van der Waals surface area contributed by atoms with E-state index in [1.54, 1.807) is 7.11 Å². The van der Waals surface area contributed by atoms with Crippen LogP contribution in [0.5, 0.6) is 5.75 Å². The van der Waals surface area contributed by atoms with E-state index in [1.807, 2.05) is 12.1 Å². The van der Waals surface area contributed by atoms with Crippen LogP contribution in [0.3, 0.4) is 0 Å². The smallest absolute Gasteiger partial charge is 0.139 e. The Morgan fingerprint density at radius 2 is 2.00 bits per heavy atom. The molecule has 4 heteroatoms. The number of nitrogens with one attached hydrogen (secondary N) is 1. The minimum Gasteiger partial charge on any atom is -0.495 e. The quantitative estimate of drug-likeness (QED) is 0.863. The van der Waals surface area contributed by atoms with Crippen LogP contribution in [0, 0.1) is 0 Å². The Bertz CT molecular complexity index is 375. The molecular weight excluding hydrogens is 233 g/mol. The van der Waals surface area contributed by atoms with Gasteiger partial charge in [-0.25, -0.2) is 0 Å². The molecule has 2 nitrogen and oxygen atoms in total. The lowest BCUT2D eigenvalue weighted by Crippen LogP contribution is -2.43. The molecule has 0 aliphatic carbocycles. The second kappa shape index (κ2) is 4.20. The van der Waals surface area contributed by atoms with Crippen molar-refractivity contribution in [1.82, 2.24) is 5.32 Å². The topological polar surface area (TPSA) is 21.3 Å². The van der Waals surface area contributed by atoms with Gasteiger partial charge < -0.3 is 10.1 Å². The molecule has 0 bridgehead atoms. The number of hydrogen-bond acceptors (Lipinski definition) is 2. The van der Waals surface area contributed by atoms with Gasteiger partial charge >= 0.3 is 0 Å². The molecule has 1 heterocycles. The largest absolute Gasteiger partial charge is 0.495 e. The van der Waals surface area contributed by atoms with Crippen molar-refractivity contribution >= 4 is 23.2 Å². The Labute approximate surface area is 99.5 Å². The average molecular weight is 246 g/mol. The van der Waals surface area contributed by atoms with Crippen LogP contribution in [0.15, 0.2) is 12.1 Å². The summed E-state index contributed by atoms with van der Waals surface area (Å²) in [5.74, 6) is 0.623. The van der Waals surface area contributed by atoms with Crippen molar-refractivity contribution in [3.63, 3.8) is 0 Å². The van der Waals surface area contributed by atoms with Crippen molar-refractivity contribution < 1.29 is 4.74 Å². The number of rotatable bonds is 2. The molecule has 82 valence electrons. The van der Waals surface area contributed by atoms with Gasteiger partial charge in [-0.05, 0) is 25.0 Å². The third-order valence-corrected chi connectivity index (χ3v) is 3.63. The third-order valence-electron chi connectivity index (χ3n) is 2.75. The summed E-state index contributed by atoms with van der Waals surface area (Å²) >= 11 is 12.3. The number of benzene rings is 1. The molecule has 1 saturated heterocycles. The Balaban J connectivity index is 2.30. The fourth-order valence-electron chi connectivity index (χ4n) is 1.86. The van der Waals surface area contributed by atoms with Gasteiger partial charge in [0, 0.05) is 12.1 Å². The standard InChI is InChI=1S/C11H13Cl2NO/c1-6-5-8(14-6)7-3-4-9(15-2)11(13)10(7)12/h3-4,6,8,14H,5H2,1-2H3. The van der Waals surface area contributed by atoms with E-state index in [0.717, 1.165) is 12.0 Å². The summed E-state index contributed by atoms with van der Waals surface area (Å²) in [5.41, 5.74) is 1.06. The normalized spacial score (nSPS) is 24.8. The third kappa shape index (κ3) is 1.94. The number of halogens is 2. The minimum absolute atomic E-state index is 0.330. The lowest BCUT2D eigenvalue weighted by atomic mass is 9.92. The molecule has 2 atom stereocenters. The molecule has 0 saturated carbocycles. The Hall–Kier alpha value is -0.440. The van der Waals surface area contributed by atoms with Crippen molar-refractivity contribution in [3.8, 4) is 5.75 Å². The summed E-state index contributed by atoms with van der Waals surface area (Å²) in [7, 11) is 1.58. The summed E-state index contributed by atoms with van der Waals surface area (Å²) < 4.78 is 5.10. The van der Waals surface area contributed by atoms with Gasteiger partial charge in [0.2, 0.25) is 0 Å². The number of methoxy groups -OCH3 is 1. The van der Waals surface area contributed by atoms with E-state index in [4.69, 9.17) is 27.9 Å². The van der Waals surface area contributed by atoms with Crippen molar-refractivity contribution in [1.29, 1.82) is 0 Å². The van der Waals surface area contributed by atoms with Gasteiger partial charge in [-0.2, -0.15) is 0 Å². The molecule has 0 amide bonds. The molecule has 1 N–H and O–H groups in total. The van der Waals surface area contributed by atoms with Crippen molar-refractivity contribution in [2.45, 2.75) is 25.4 Å². The first-order valence-electron chi connectivity index (χ1n) is 4.91. The maximum Gasteiger partial charge on any atom is 0.139 e. The molecule has 0 radical (unpaired) electrons. The Kier molecular flexibility index (Phi) is 3.10. The predicted molar refractivity (Wildman–Crippen MR) is 63.0 cm³/mol. The molecule has 1 aliphatic rings. The summed E-state index contributed by atoms with van der Waals surface area (Å²) in [4.78, 5) is 0. The van der Waals surface area contributed by atoms with Gasteiger partial charge in [0.25, 0.3) is 0 Å². The lowest BCUT2D eigenvalue weighted by Gasteiger charge is -2.36. The highest BCUT2D eigenvalue weighted by Gasteiger charge is 2.28. The molecule has 0 spiro atoms. The molecule has 1 aromatic rings. The highest BCUT2D eigenvalue weighted by molar-refractivity contribution is 6.43. The summed E-state index contributed by atoms with van der Waals surface area (Å²) in [6.07, 6.45) is 1.10. The molecule has 1 fully saturated rings. The van der Waals surface area contributed by atoms with E-state index in [0.29, 0.717) is 27.9 Å². The Morgan fingerprint density at radius 3 is 2.53 bits per heavy atom. The van der Waals surface area contributed by atoms with E-state index in [-0.39, 0.29) is 0 Å². The van der Waals surface area contributed by atoms with Crippen molar-refractivity contribution in [3.05, 3.63) is 27.7 Å². The summed E-state index contributed by atoms with van der Waals surface area (Å²) in [6.45, 7) is 2.15. The molecule has 1 aromatic carbocycles. The zero-order chi connectivity index (χ0) is 11.0. The zero-order valence-electron chi connectivity index (χ0n) is 8.68. The van der Waals surface area contributed by atoms with Gasteiger partial charge in [-0.15, -0.1) is 0 Å². The van der Waals surface area contributed by atoms with Gasteiger partial charge in [0.1, 0.15) is 10.8 Å². The fraction of sp³-hybridized carbons (Fsp3) is 0.455. The number of hydrogen-bond donors (Lipinski definition) is 1. The van der Waals surface area contributed by atoms with Crippen LogP contribution in [0.2, 0.25) is 10.0 Å². The number of ether oxygens (including phenoxy) is 1. The molecule has 2 unspecified atom stereocenters. The van der Waals surface area contributed by atoms with Crippen molar-refractivity contribution in [2.75, 3.05) is 7.11 Å². The van der Waals surface area contributed by atoms with Gasteiger partial charge in [0.05, 0.1) is 12.1 Å². The monoisotopic (exact) mass is 245 g/mol. The maximum atomic E-state index is 6.18. The molecule has 0 aromatic heterocycles. The van der Waals surface area contributed by atoms with Crippen LogP contribution in [-0.4, -0.2) is 13.2 Å². The zero-order valence-corrected chi connectivity index (χ0v) is 10.2. The summed E-state index contributed by atoms with van der Waals surface area (Å²) in [6, 6.07) is 4.72. The minimum atomic E-state index is 0.330. The highest BCUT2D eigenvalue weighted by Crippen LogP contribution is 2.40.